The molecule has 0 radical (unpaired) electrons. The molecule has 394 valence electrons. The smallest absolute Gasteiger partial charge is 0.410 e. The van der Waals surface area contributed by atoms with Gasteiger partial charge in [-0.05, 0) is 99.4 Å². The van der Waals surface area contributed by atoms with Gasteiger partial charge < -0.3 is 62.5 Å². The number of aryl methyl sites for hydroxylation is 1. The van der Waals surface area contributed by atoms with Crippen LogP contribution in [0.2, 0.25) is 0 Å². The molecule has 0 saturated carbocycles. The van der Waals surface area contributed by atoms with E-state index < -0.39 is 108 Å². The fourth-order valence-electron chi connectivity index (χ4n) is 11.7. The van der Waals surface area contributed by atoms with E-state index in [2.05, 4.69) is 14.9 Å². The average Bonchev–Trinajstić information content (AvgIpc) is 3.92. The Labute approximate surface area is 415 Å². The highest BCUT2D eigenvalue weighted by molar-refractivity contribution is 5.85. The summed E-state index contributed by atoms with van der Waals surface area (Å²) < 4.78 is 53.9. The molecule has 0 aliphatic carbocycles. The van der Waals surface area contributed by atoms with Gasteiger partial charge in [0.15, 0.2) is 18.2 Å². The Kier molecular flexibility index (Phi) is 18.4. The van der Waals surface area contributed by atoms with E-state index in [-0.39, 0.29) is 37.2 Å². The second-order valence-electron chi connectivity index (χ2n) is 21.2. The van der Waals surface area contributed by atoms with Gasteiger partial charge in [0.1, 0.15) is 24.1 Å². The maximum absolute atomic E-state index is 15.1. The van der Waals surface area contributed by atoms with E-state index in [1.165, 1.54) is 7.11 Å². The maximum atomic E-state index is 15.1. The van der Waals surface area contributed by atoms with E-state index in [0.29, 0.717) is 38.9 Å². The Bertz CT molecular complexity index is 2050. The van der Waals surface area contributed by atoms with Crippen LogP contribution < -0.4 is 0 Å². The lowest BCUT2D eigenvalue weighted by molar-refractivity contribution is -0.319. The lowest BCUT2D eigenvalue weighted by Gasteiger charge is -2.50. The van der Waals surface area contributed by atoms with Crippen LogP contribution in [0.4, 0.5) is 4.79 Å². The van der Waals surface area contributed by atoms with Crippen molar-refractivity contribution >= 4 is 17.8 Å². The zero-order chi connectivity index (χ0) is 51.5. The summed E-state index contributed by atoms with van der Waals surface area (Å²) >= 11 is 0. The van der Waals surface area contributed by atoms with Gasteiger partial charge in [-0.15, -0.1) is 0 Å². The van der Waals surface area contributed by atoms with Crippen LogP contribution >= 0.6 is 0 Å². The predicted octanol–water partition coefficient (Wildman–Crippen LogP) is 6.04. The van der Waals surface area contributed by atoms with Crippen molar-refractivity contribution < 1.29 is 62.5 Å². The third kappa shape index (κ3) is 11.6. The van der Waals surface area contributed by atoms with Crippen molar-refractivity contribution in [1.82, 2.24) is 24.3 Å². The van der Waals surface area contributed by atoms with E-state index in [9.17, 15) is 19.8 Å². The van der Waals surface area contributed by atoms with Gasteiger partial charge in [0, 0.05) is 81.7 Å². The lowest BCUT2D eigenvalue weighted by Crippen LogP contribution is -2.62. The number of hydrogen-bond acceptors (Lipinski definition) is 16. The summed E-state index contributed by atoms with van der Waals surface area (Å²) in [6, 6.07) is 2.73. The average molecular weight is 986 g/mol. The first-order valence-electron chi connectivity index (χ1n) is 25.5. The summed E-state index contributed by atoms with van der Waals surface area (Å²) in [4.78, 5) is 56.8. The van der Waals surface area contributed by atoms with Crippen molar-refractivity contribution in [1.29, 1.82) is 0 Å². The molecule has 0 bridgehead atoms. The summed E-state index contributed by atoms with van der Waals surface area (Å²) in [5, 5.41) is 23.1. The van der Waals surface area contributed by atoms with Gasteiger partial charge in [-0.3, -0.25) is 14.6 Å². The van der Waals surface area contributed by atoms with Crippen molar-refractivity contribution in [2.24, 2.45) is 23.7 Å². The number of imidazole rings is 1. The number of aliphatic hydroxyl groups excluding tert-OH is 2. The number of ketones is 1. The van der Waals surface area contributed by atoms with E-state index >= 15 is 4.79 Å². The molecule has 4 saturated heterocycles. The molecule has 4 fully saturated rings. The molecule has 18 nitrogen and oxygen atoms in total. The van der Waals surface area contributed by atoms with Crippen LogP contribution in [0.1, 0.15) is 115 Å². The second kappa shape index (κ2) is 23.1. The molecule has 70 heavy (non-hydrogen) atoms. The number of cyclic esters (lactones) is 1. The zero-order valence-electron chi connectivity index (χ0n) is 44.1. The van der Waals surface area contributed by atoms with E-state index in [1.54, 1.807) is 58.4 Å². The number of amides is 1. The number of methoxy groups -OCH3 is 2. The normalized spacial score (nSPS) is 40.2. The molecule has 2 aromatic rings. The number of Topliss-reactive ketones (excluding diaryl/α,β-unsaturated/α-hetero) is 1. The van der Waals surface area contributed by atoms with Crippen molar-refractivity contribution in [2.45, 2.75) is 205 Å². The van der Waals surface area contributed by atoms with E-state index in [4.69, 9.17) is 37.9 Å². The fourth-order valence-corrected chi connectivity index (χ4v) is 11.7. The number of nitrogens with zero attached hydrogens (tertiary/aromatic N) is 5. The first-order chi connectivity index (χ1) is 33.1. The van der Waals surface area contributed by atoms with Crippen LogP contribution in [0.15, 0.2) is 37.1 Å². The molecular formula is C52H83N5O13. The number of hydrogen-bond donors (Lipinski definition) is 2. The molecule has 18 atom stereocenters. The Morgan fingerprint density at radius 1 is 0.914 bits per heavy atom. The molecular weight excluding hydrogens is 903 g/mol. The standard InChI is InChI=1S/C52H83N5O13/c1-15-39-52(11)44(57(49(62)70-52)23-18-17-22-56-28-37(54-29-56)36-20-19-21-53-27-36)32(5)41(58)30(3)25-51(10,64-14)46(69-48-42(59)38(55(12)16-2)24-31(4)65-48)33(6)43(34(7)47(61)67-39)68-40-26-50(9,63-13)45(60)35(8)66-40/h19-21,27-35,38-40,42-46,48,59-60H,15-18,22-26H2,1-14H3/t30-,31-,32+,33+,34-,35+,38+,39-,40+,42-,43+,44-,45+,46-,48+,50-,51-,52-/m1/s1. The van der Waals surface area contributed by atoms with Crippen LogP contribution in [-0.4, -0.2) is 171 Å². The SMILES string of the molecule is CC[C@H]1OC(=O)[C@H](C)[C@@H](O[C@H]2C[C@@](C)(OC)[C@@H](O)[C@H](C)O2)[C@H](C)[C@@H](O[C@@H]2O[C@H](C)C[C@H](N(C)CC)[C@H]2O)[C@](C)(OC)C[C@@H](C)C(=O)[C@H](C)[C@H]2N(CCCCn3cnc(-c4cccnc4)c3)C(=O)O[C@]12C. The van der Waals surface area contributed by atoms with Crippen LogP contribution in [0.3, 0.4) is 0 Å². The minimum Gasteiger partial charge on any atom is -0.458 e. The summed E-state index contributed by atoms with van der Waals surface area (Å²) in [5.74, 6) is -3.91. The van der Waals surface area contributed by atoms with E-state index in [1.807, 2.05) is 78.4 Å². The first kappa shape index (κ1) is 55.7. The summed E-state index contributed by atoms with van der Waals surface area (Å²) in [5.41, 5.74) is -2.01. The van der Waals surface area contributed by atoms with Crippen LogP contribution in [0.5, 0.6) is 0 Å². The third-order valence-corrected chi connectivity index (χ3v) is 16.2. The van der Waals surface area contributed by atoms with Crippen LogP contribution in [0, 0.1) is 23.7 Å². The number of likely N-dealkylation sites (N-methyl/N-ethyl adjacent to an activating group) is 1. The van der Waals surface area contributed by atoms with Gasteiger partial charge in [0.2, 0.25) is 0 Å². The highest BCUT2D eigenvalue weighted by Gasteiger charge is 2.61. The van der Waals surface area contributed by atoms with Crippen molar-refractivity contribution in [3.63, 3.8) is 0 Å². The lowest BCUT2D eigenvalue weighted by atomic mass is 9.73. The number of aliphatic hydroxyl groups is 2. The molecule has 1 amide bonds. The third-order valence-electron chi connectivity index (χ3n) is 16.2. The van der Waals surface area contributed by atoms with Crippen molar-refractivity contribution in [2.75, 3.05) is 34.4 Å². The quantitative estimate of drug-likeness (QED) is 0.154. The fraction of sp³-hybridized carbons (Fsp3) is 0.788. The Balaban J connectivity index is 1.37. The number of unbranched alkanes of at least 4 members (excludes halogenated alkanes) is 1. The first-order valence-corrected chi connectivity index (χ1v) is 25.5. The highest BCUT2D eigenvalue weighted by Crippen LogP contribution is 2.45. The van der Waals surface area contributed by atoms with Crippen LogP contribution in [-0.2, 0) is 54.0 Å². The van der Waals surface area contributed by atoms with E-state index in [0.717, 1.165) is 11.3 Å². The second-order valence-corrected chi connectivity index (χ2v) is 21.2. The molecule has 0 unspecified atom stereocenters. The molecule has 4 aliphatic heterocycles. The number of carbonyl (C=O) groups is 3. The molecule has 18 heteroatoms. The number of aromatic nitrogens is 3. The van der Waals surface area contributed by atoms with Gasteiger partial charge in [0.05, 0.1) is 59.6 Å². The maximum Gasteiger partial charge on any atom is 0.410 e. The number of fused-ring (bicyclic) bond motifs is 1. The molecule has 2 aromatic heterocycles. The monoisotopic (exact) mass is 986 g/mol. The minimum atomic E-state index is -1.42. The van der Waals surface area contributed by atoms with Gasteiger partial charge in [0.25, 0.3) is 0 Å². The number of pyridine rings is 1. The molecule has 2 N–H and O–H groups in total. The zero-order valence-corrected chi connectivity index (χ0v) is 44.1. The Hall–Kier alpha value is -3.59. The van der Waals surface area contributed by atoms with Crippen LogP contribution in [0.25, 0.3) is 11.3 Å². The van der Waals surface area contributed by atoms with Gasteiger partial charge in [-0.1, -0.05) is 34.6 Å². The molecule has 4 aliphatic rings. The summed E-state index contributed by atoms with van der Waals surface area (Å²) in [6.07, 6.45) is 1.05. The molecule has 6 rings (SSSR count). The summed E-state index contributed by atoms with van der Waals surface area (Å²) in [7, 11) is 5.04. The Morgan fingerprint density at radius 3 is 2.26 bits per heavy atom. The summed E-state index contributed by atoms with van der Waals surface area (Å²) in [6.45, 7) is 21.9. The molecule has 6 heterocycles. The number of esters is 1. The van der Waals surface area contributed by atoms with Gasteiger partial charge in [-0.25, -0.2) is 9.78 Å². The van der Waals surface area contributed by atoms with Crippen molar-refractivity contribution in [3.05, 3.63) is 37.1 Å². The highest BCUT2D eigenvalue weighted by atomic mass is 16.7. The minimum absolute atomic E-state index is 0.126. The Morgan fingerprint density at radius 2 is 1.61 bits per heavy atom. The number of ether oxygens (including phenoxy) is 8. The topological polar surface area (TPSA) is 203 Å². The molecule has 0 spiro atoms. The largest absolute Gasteiger partial charge is 0.458 e. The van der Waals surface area contributed by atoms with Crippen molar-refractivity contribution in [3.8, 4) is 11.3 Å². The number of rotatable bonds is 15. The molecule has 0 aromatic carbocycles. The predicted molar refractivity (Wildman–Crippen MR) is 259 cm³/mol. The van der Waals surface area contributed by atoms with Gasteiger partial charge in [-0.2, -0.15) is 0 Å². The number of carbonyl (C=O) groups excluding carboxylic acids is 3. The van der Waals surface area contributed by atoms with Gasteiger partial charge >= 0.3 is 12.1 Å².